The van der Waals surface area contributed by atoms with Crippen LogP contribution in [0.25, 0.3) is 10.6 Å². The third-order valence-electron chi connectivity index (χ3n) is 1.25. The van der Waals surface area contributed by atoms with Gasteiger partial charge in [-0.1, -0.05) is 5.16 Å². The van der Waals surface area contributed by atoms with E-state index in [9.17, 15) is 0 Å². The largest absolute Gasteiger partial charge is 0.394 e. The Bertz CT molecular complexity index is 340. The van der Waals surface area contributed by atoms with Crippen molar-refractivity contribution in [3.8, 4) is 10.6 Å². The van der Waals surface area contributed by atoms with Gasteiger partial charge in [-0.15, -0.1) is 11.3 Å². The molecule has 0 amide bonds. The van der Waals surface area contributed by atoms with E-state index in [0.29, 0.717) is 11.4 Å². The van der Waals surface area contributed by atoms with Gasteiger partial charge in [-0.2, -0.15) is 0 Å². The van der Waals surface area contributed by atoms with Gasteiger partial charge in [-0.05, 0) is 0 Å². The van der Waals surface area contributed by atoms with E-state index in [1.807, 2.05) is 0 Å². The molecule has 0 saturated carbocycles. The first kappa shape index (κ1) is 6.36. The van der Waals surface area contributed by atoms with Gasteiger partial charge in [0.25, 0.3) is 0 Å². The van der Waals surface area contributed by atoms with E-state index in [2.05, 4.69) is 10.1 Å². The van der Waals surface area contributed by atoms with E-state index in [-0.39, 0.29) is 0 Å². The lowest BCUT2D eigenvalue weighted by Gasteiger charge is -1.87. The van der Waals surface area contributed by atoms with E-state index in [1.54, 1.807) is 11.7 Å². The normalized spacial score (nSPS) is 10.2. The van der Waals surface area contributed by atoms with Crippen LogP contribution in [0.1, 0.15) is 0 Å². The van der Waals surface area contributed by atoms with Gasteiger partial charge in [0, 0.05) is 6.20 Å². The van der Waals surface area contributed by atoms with E-state index in [1.165, 1.54) is 17.5 Å². The maximum absolute atomic E-state index is 5.55. The first-order valence-corrected chi connectivity index (χ1v) is 3.85. The Morgan fingerprint density at radius 3 is 2.91 bits per heavy atom. The smallest absolute Gasteiger partial charge is 0.201 e. The lowest BCUT2D eigenvalue weighted by molar-refractivity contribution is 0.433. The van der Waals surface area contributed by atoms with Crippen molar-refractivity contribution >= 4 is 17.0 Å². The molecular weight excluding hydrogens is 162 g/mol. The second kappa shape index (κ2) is 2.35. The molecule has 2 N–H and O–H groups in total. The third-order valence-corrected chi connectivity index (χ3v) is 2.03. The van der Waals surface area contributed by atoms with Crippen molar-refractivity contribution in [3.05, 3.63) is 17.9 Å². The van der Waals surface area contributed by atoms with Gasteiger partial charge in [0.1, 0.15) is 5.69 Å². The minimum atomic E-state index is 0.550. The number of nitrogens with two attached hydrogens (primary N) is 1. The van der Waals surface area contributed by atoms with Gasteiger partial charge in [0.2, 0.25) is 5.76 Å². The number of thiazole rings is 1. The highest BCUT2D eigenvalue weighted by Gasteiger charge is 2.07. The number of nitrogen functional groups attached to an aromatic ring is 1. The van der Waals surface area contributed by atoms with Gasteiger partial charge in [-0.3, -0.25) is 4.98 Å². The van der Waals surface area contributed by atoms with E-state index >= 15 is 0 Å². The third kappa shape index (κ3) is 0.988. The Morgan fingerprint density at radius 2 is 2.36 bits per heavy atom. The van der Waals surface area contributed by atoms with Crippen LogP contribution < -0.4 is 5.73 Å². The molecule has 56 valence electrons. The molecule has 2 rings (SSSR count). The van der Waals surface area contributed by atoms with E-state index < -0.39 is 0 Å². The summed E-state index contributed by atoms with van der Waals surface area (Å²) in [5.41, 5.74) is 7.82. The first-order valence-electron chi connectivity index (χ1n) is 2.97. The predicted octanol–water partition coefficient (Wildman–Crippen LogP) is 1.38. The first-order chi connectivity index (χ1) is 5.38. The SMILES string of the molecule is Nc1cnoc1-c1cncs1. The molecule has 0 unspecified atom stereocenters. The quantitative estimate of drug-likeness (QED) is 0.696. The molecular formula is C6H5N3OS. The Balaban J connectivity index is 2.53. The standard InChI is InChI=1S/C6H5N3OS/c7-4-1-9-10-6(4)5-2-8-3-11-5/h1-3H,7H2. The number of aromatic nitrogens is 2. The van der Waals surface area contributed by atoms with Crippen LogP contribution in [0.4, 0.5) is 5.69 Å². The second-order valence-corrected chi connectivity index (χ2v) is 2.86. The average Bonchev–Trinajstić information content (AvgIpc) is 2.55. The van der Waals surface area contributed by atoms with Gasteiger partial charge in [-0.25, -0.2) is 0 Å². The van der Waals surface area contributed by atoms with Crippen molar-refractivity contribution < 1.29 is 4.52 Å². The molecule has 0 bridgehead atoms. The molecule has 4 nitrogen and oxygen atoms in total. The molecule has 0 fully saturated rings. The Labute approximate surface area is 66.7 Å². The average molecular weight is 167 g/mol. The van der Waals surface area contributed by atoms with Crippen LogP contribution in [0.3, 0.4) is 0 Å². The molecule has 2 aromatic rings. The maximum Gasteiger partial charge on any atom is 0.201 e. The van der Waals surface area contributed by atoms with Crippen molar-refractivity contribution in [3.63, 3.8) is 0 Å². The summed E-state index contributed by atoms with van der Waals surface area (Å²) in [5.74, 6) is 0.604. The number of hydrogen-bond donors (Lipinski definition) is 1. The highest BCUT2D eigenvalue weighted by Crippen LogP contribution is 2.27. The fraction of sp³-hybridized carbons (Fsp3) is 0. The van der Waals surface area contributed by atoms with Gasteiger partial charge >= 0.3 is 0 Å². The van der Waals surface area contributed by atoms with Crippen molar-refractivity contribution in [2.45, 2.75) is 0 Å². The molecule has 0 saturated heterocycles. The number of hydrogen-bond acceptors (Lipinski definition) is 5. The summed E-state index contributed by atoms with van der Waals surface area (Å²) in [6.07, 6.45) is 3.18. The molecule has 0 spiro atoms. The lowest BCUT2D eigenvalue weighted by Crippen LogP contribution is -1.81. The van der Waals surface area contributed by atoms with E-state index in [0.717, 1.165) is 4.88 Å². The van der Waals surface area contributed by atoms with Crippen LogP contribution in [0.15, 0.2) is 22.4 Å². The minimum Gasteiger partial charge on any atom is -0.394 e. The Kier molecular flexibility index (Phi) is 1.36. The molecule has 0 atom stereocenters. The molecule has 0 aliphatic rings. The summed E-state index contributed by atoms with van der Waals surface area (Å²) in [6.45, 7) is 0. The molecule has 5 heteroatoms. The van der Waals surface area contributed by atoms with Gasteiger partial charge < -0.3 is 10.3 Å². The van der Waals surface area contributed by atoms with E-state index in [4.69, 9.17) is 10.3 Å². The second-order valence-electron chi connectivity index (χ2n) is 1.98. The summed E-state index contributed by atoms with van der Waals surface area (Å²) < 4.78 is 4.90. The maximum atomic E-state index is 5.55. The highest BCUT2D eigenvalue weighted by atomic mass is 32.1. The highest BCUT2D eigenvalue weighted by molar-refractivity contribution is 7.13. The number of nitrogens with zero attached hydrogens (tertiary/aromatic N) is 2. The predicted molar refractivity (Wildman–Crippen MR) is 42.0 cm³/mol. The van der Waals surface area contributed by atoms with Crippen LogP contribution in [-0.2, 0) is 0 Å². The zero-order valence-electron chi connectivity index (χ0n) is 5.52. The molecule has 0 radical (unpaired) electrons. The number of anilines is 1. The molecule has 0 aromatic carbocycles. The summed E-state index contributed by atoms with van der Waals surface area (Å²) in [4.78, 5) is 4.80. The van der Waals surface area contributed by atoms with Crippen LogP contribution in [0.2, 0.25) is 0 Å². The monoisotopic (exact) mass is 167 g/mol. The Hall–Kier alpha value is -1.36. The molecule has 11 heavy (non-hydrogen) atoms. The summed E-state index contributed by atoms with van der Waals surface area (Å²) in [7, 11) is 0. The minimum absolute atomic E-state index is 0.550. The number of rotatable bonds is 1. The van der Waals surface area contributed by atoms with Crippen LogP contribution in [-0.4, -0.2) is 10.1 Å². The fourth-order valence-electron chi connectivity index (χ4n) is 0.762. The summed E-state index contributed by atoms with van der Waals surface area (Å²) >= 11 is 1.47. The lowest BCUT2D eigenvalue weighted by atomic mass is 10.4. The zero-order chi connectivity index (χ0) is 7.68. The van der Waals surface area contributed by atoms with Crippen LogP contribution >= 0.6 is 11.3 Å². The van der Waals surface area contributed by atoms with Gasteiger partial charge in [0.05, 0.1) is 16.6 Å². The van der Waals surface area contributed by atoms with Crippen molar-refractivity contribution in [1.82, 2.24) is 10.1 Å². The van der Waals surface area contributed by atoms with Crippen molar-refractivity contribution in [2.24, 2.45) is 0 Å². The summed E-state index contributed by atoms with van der Waals surface area (Å²) in [5, 5.41) is 3.56. The summed E-state index contributed by atoms with van der Waals surface area (Å²) in [6, 6.07) is 0. The topological polar surface area (TPSA) is 64.9 Å². The van der Waals surface area contributed by atoms with Crippen molar-refractivity contribution in [2.75, 3.05) is 5.73 Å². The Morgan fingerprint density at radius 1 is 1.45 bits per heavy atom. The van der Waals surface area contributed by atoms with Crippen LogP contribution in [0.5, 0.6) is 0 Å². The zero-order valence-corrected chi connectivity index (χ0v) is 6.34. The van der Waals surface area contributed by atoms with Gasteiger partial charge in [0.15, 0.2) is 0 Å². The van der Waals surface area contributed by atoms with Crippen molar-refractivity contribution in [1.29, 1.82) is 0 Å². The van der Waals surface area contributed by atoms with Crippen LogP contribution in [0, 0.1) is 0 Å². The molecule has 2 aromatic heterocycles. The molecule has 0 aliphatic heterocycles. The fourth-order valence-corrected chi connectivity index (χ4v) is 1.38. The molecule has 0 aliphatic carbocycles. The molecule has 2 heterocycles.